The van der Waals surface area contributed by atoms with Crippen LogP contribution < -0.4 is 10.6 Å². The molecule has 0 aromatic heterocycles. The van der Waals surface area contributed by atoms with Gasteiger partial charge >= 0.3 is 12.0 Å². The largest absolute Gasteiger partial charge is 0.452 e. The Hall–Kier alpha value is -2.02. The Morgan fingerprint density at radius 1 is 1.22 bits per heavy atom. The normalized spacial score (nSPS) is 11.4. The molecule has 3 amide bonds. The van der Waals surface area contributed by atoms with E-state index in [9.17, 15) is 14.4 Å². The van der Waals surface area contributed by atoms with Crippen molar-refractivity contribution in [3.05, 3.63) is 29.8 Å². The van der Waals surface area contributed by atoms with E-state index in [1.165, 1.54) is 11.8 Å². The van der Waals surface area contributed by atoms with Crippen LogP contribution in [0.4, 0.5) is 4.79 Å². The van der Waals surface area contributed by atoms with Gasteiger partial charge in [-0.3, -0.25) is 10.1 Å². The monoisotopic (exact) mass is 338 g/mol. The number of carbonyl (C=O) groups excluding carboxylic acids is 3. The summed E-state index contributed by atoms with van der Waals surface area (Å²) in [7, 11) is 0. The molecule has 1 rings (SSSR count). The van der Waals surface area contributed by atoms with Crippen LogP contribution in [0.1, 0.15) is 37.6 Å². The van der Waals surface area contributed by atoms with Gasteiger partial charge in [-0.2, -0.15) is 0 Å². The van der Waals surface area contributed by atoms with E-state index in [-0.39, 0.29) is 6.04 Å². The zero-order valence-corrected chi connectivity index (χ0v) is 14.4. The van der Waals surface area contributed by atoms with Gasteiger partial charge in [0.15, 0.2) is 6.61 Å². The Labute approximate surface area is 140 Å². The fraction of sp³-hybridized carbons (Fsp3) is 0.438. The van der Waals surface area contributed by atoms with Crippen LogP contribution in [0, 0.1) is 0 Å². The highest BCUT2D eigenvalue weighted by molar-refractivity contribution is 7.99. The Bertz CT molecular complexity index is 563. The van der Waals surface area contributed by atoms with Crippen LogP contribution in [0.2, 0.25) is 0 Å². The second-order valence-corrected chi connectivity index (χ2v) is 6.14. The summed E-state index contributed by atoms with van der Waals surface area (Å²) >= 11 is 1.52. The molecule has 0 aliphatic heterocycles. The number of imide groups is 1. The molecule has 0 aliphatic carbocycles. The van der Waals surface area contributed by atoms with Gasteiger partial charge in [0.25, 0.3) is 5.91 Å². The van der Waals surface area contributed by atoms with Crippen molar-refractivity contribution in [2.45, 2.75) is 38.1 Å². The molecule has 6 nitrogen and oxygen atoms in total. The van der Waals surface area contributed by atoms with E-state index < -0.39 is 24.5 Å². The smallest absolute Gasteiger partial charge is 0.339 e. The lowest BCUT2D eigenvalue weighted by atomic mass is 10.2. The van der Waals surface area contributed by atoms with Gasteiger partial charge in [-0.25, -0.2) is 9.59 Å². The summed E-state index contributed by atoms with van der Waals surface area (Å²) in [5.74, 6) is -0.431. The molecule has 23 heavy (non-hydrogen) atoms. The summed E-state index contributed by atoms with van der Waals surface area (Å²) in [6, 6.07) is 6.40. The van der Waals surface area contributed by atoms with E-state index in [1.807, 2.05) is 32.9 Å². The average molecular weight is 338 g/mol. The van der Waals surface area contributed by atoms with Crippen LogP contribution >= 0.6 is 11.8 Å². The Morgan fingerprint density at radius 3 is 2.57 bits per heavy atom. The van der Waals surface area contributed by atoms with Crippen molar-refractivity contribution in [2.75, 3.05) is 12.4 Å². The molecule has 0 aliphatic rings. The molecular weight excluding hydrogens is 316 g/mol. The zero-order valence-electron chi connectivity index (χ0n) is 13.5. The molecule has 1 atom stereocenters. The lowest BCUT2D eigenvalue weighted by Gasteiger charge is -2.12. The number of benzene rings is 1. The number of rotatable bonds is 7. The molecule has 0 saturated heterocycles. The molecule has 1 aromatic rings. The highest BCUT2D eigenvalue weighted by Gasteiger charge is 2.15. The minimum absolute atomic E-state index is 0.0386. The minimum Gasteiger partial charge on any atom is -0.452 e. The quantitative estimate of drug-likeness (QED) is 0.590. The second-order valence-electron chi connectivity index (χ2n) is 4.84. The number of thioether (sulfide) groups is 1. The van der Waals surface area contributed by atoms with Gasteiger partial charge in [0.1, 0.15) is 0 Å². The molecule has 0 fully saturated rings. The van der Waals surface area contributed by atoms with Gasteiger partial charge in [0.2, 0.25) is 0 Å². The lowest BCUT2D eigenvalue weighted by molar-refractivity contribution is -0.123. The number of ether oxygens (including phenoxy) is 1. The summed E-state index contributed by atoms with van der Waals surface area (Å²) in [4.78, 5) is 35.9. The van der Waals surface area contributed by atoms with Crippen LogP contribution in [0.3, 0.4) is 0 Å². The van der Waals surface area contributed by atoms with Crippen LogP contribution in [0.15, 0.2) is 29.2 Å². The molecule has 0 spiro atoms. The predicted octanol–water partition coefficient (Wildman–Crippen LogP) is 2.58. The van der Waals surface area contributed by atoms with Gasteiger partial charge in [-0.1, -0.05) is 26.0 Å². The first-order chi connectivity index (χ1) is 11.0. The molecule has 1 aromatic carbocycles. The summed E-state index contributed by atoms with van der Waals surface area (Å²) in [6.07, 6.45) is 0.752. The summed E-state index contributed by atoms with van der Waals surface area (Å²) in [5.41, 5.74) is 0.413. The number of amides is 3. The summed E-state index contributed by atoms with van der Waals surface area (Å²) in [5, 5.41) is 4.71. The summed E-state index contributed by atoms with van der Waals surface area (Å²) in [6.45, 7) is 5.22. The Balaban J connectivity index is 2.50. The number of hydrogen-bond donors (Lipinski definition) is 2. The van der Waals surface area contributed by atoms with Gasteiger partial charge < -0.3 is 10.1 Å². The third-order valence-electron chi connectivity index (χ3n) is 2.98. The zero-order chi connectivity index (χ0) is 17.2. The maximum Gasteiger partial charge on any atom is 0.339 e. The number of esters is 1. The van der Waals surface area contributed by atoms with Crippen LogP contribution in [0.5, 0.6) is 0 Å². The van der Waals surface area contributed by atoms with Crippen LogP contribution in [0.25, 0.3) is 0 Å². The fourth-order valence-corrected chi connectivity index (χ4v) is 2.44. The van der Waals surface area contributed by atoms with E-state index in [1.54, 1.807) is 12.1 Å². The molecule has 7 heteroatoms. The first-order valence-corrected chi connectivity index (χ1v) is 8.45. The highest BCUT2D eigenvalue weighted by atomic mass is 32.2. The summed E-state index contributed by atoms with van der Waals surface area (Å²) < 4.78 is 4.96. The molecule has 0 heterocycles. The van der Waals surface area contributed by atoms with Crippen molar-refractivity contribution in [2.24, 2.45) is 0 Å². The number of hydrogen-bond acceptors (Lipinski definition) is 5. The Morgan fingerprint density at radius 2 is 1.91 bits per heavy atom. The number of urea groups is 1. The van der Waals surface area contributed by atoms with Crippen molar-refractivity contribution in [1.82, 2.24) is 10.6 Å². The number of nitrogens with one attached hydrogen (secondary N) is 2. The lowest BCUT2D eigenvalue weighted by Crippen LogP contribution is -2.44. The number of carbonyl (C=O) groups is 3. The van der Waals surface area contributed by atoms with Crippen molar-refractivity contribution < 1.29 is 19.1 Å². The standard InChI is InChI=1S/C16H22N2O4S/c1-4-11(3)17-16(21)18-14(19)10-22-15(20)12-8-6-7-9-13(12)23-5-2/h6-9,11H,4-5,10H2,1-3H3,(H2,17,18,19,21)/t11-/m0/s1. The van der Waals surface area contributed by atoms with E-state index >= 15 is 0 Å². The third-order valence-corrected chi connectivity index (χ3v) is 3.94. The van der Waals surface area contributed by atoms with E-state index in [4.69, 9.17) is 4.74 Å². The van der Waals surface area contributed by atoms with E-state index in [0.29, 0.717) is 5.56 Å². The molecular formula is C16H22N2O4S. The average Bonchev–Trinajstić information content (AvgIpc) is 2.53. The SMILES string of the molecule is CCSc1ccccc1C(=O)OCC(=O)NC(=O)N[C@@H](C)CC. The van der Waals surface area contributed by atoms with Crippen LogP contribution in [-0.2, 0) is 9.53 Å². The van der Waals surface area contributed by atoms with Gasteiger partial charge in [0.05, 0.1) is 5.56 Å². The van der Waals surface area contributed by atoms with Crippen molar-refractivity contribution in [3.63, 3.8) is 0 Å². The third kappa shape index (κ3) is 6.73. The topological polar surface area (TPSA) is 84.5 Å². The van der Waals surface area contributed by atoms with Crippen molar-refractivity contribution >= 4 is 29.7 Å². The second kappa shape index (κ2) is 9.89. The predicted molar refractivity (Wildman–Crippen MR) is 89.5 cm³/mol. The molecule has 0 bridgehead atoms. The fourth-order valence-electron chi connectivity index (χ4n) is 1.65. The van der Waals surface area contributed by atoms with E-state index in [2.05, 4.69) is 10.6 Å². The van der Waals surface area contributed by atoms with Gasteiger partial charge in [-0.15, -0.1) is 11.8 Å². The molecule has 0 unspecified atom stereocenters. The Kier molecular flexibility index (Phi) is 8.18. The van der Waals surface area contributed by atoms with E-state index in [0.717, 1.165) is 17.1 Å². The molecule has 2 N–H and O–H groups in total. The first-order valence-electron chi connectivity index (χ1n) is 7.47. The maximum absolute atomic E-state index is 12.0. The van der Waals surface area contributed by atoms with Gasteiger partial charge in [-0.05, 0) is 31.2 Å². The minimum atomic E-state index is -0.667. The molecule has 0 saturated carbocycles. The molecule has 0 radical (unpaired) electrons. The van der Waals surface area contributed by atoms with Crippen LogP contribution in [-0.4, -0.2) is 36.3 Å². The van der Waals surface area contributed by atoms with Gasteiger partial charge in [0, 0.05) is 10.9 Å². The highest BCUT2D eigenvalue weighted by Crippen LogP contribution is 2.22. The molecule has 126 valence electrons. The maximum atomic E-state index is 12.0. The first kappa shape index (κ1) is 19.0. The van der Waals surface area contributed by atoms with Crippen molar-refractivity contribution in [1.29, 1.82) is 0 Å². The van der Waals surface area contributed by atoms with Crippen molar-refractivity contribution in [3.8, 4) is 0 Å².